The molecule has 0 amide bonds. The van der Waals surface area contributed by atoms with E-state index in [2.05, 4.69) is 41.5 Å². The number of carbonyl (C=O) groups excluding carboxylic acids is 1. The number of benzene rings is 1. The lowest BCUT2D eigenvalue weighted by Crippen LogP contribution is -2.18. The Kier molecular flexibility index (Phi) is 6.78. The van der Waals surface area contributed by atoms with Crippen molar-refractivity contribution in [2.45, 2.75) is 39.2 Å². The highest BCUT2D eigenvalue weighted by atomic mass is 16.1. The number of unbranched alkanes of at least 4 members (excludes halogenated alkanes) is 1. The number of nitrogens with one attached hydrogen (secondary N) is 1. The Balaban J connectivity index is 1.78. The zero-order chi connectivity index (χ0) is 15.6. The van der Waals surface area contributed by atoms with E-state index in [-0.39, 0.29) is 5.78 Å². The van der Waals surface area contributed by atoms with Crippen LogP contribution in [-0.2, 0) is 13.0 Å². The molecule has 1 N–H and O–H groups in total. The van der Waals surface area contributed by atoms with Gasteiger partial charge in [-0.2, -0.15) is 0 Å². The van der Waals surface area contributed by atoms with Gasteiger partial charge in [-0.1, -0.05) is 37.6 Å². The number of rotatable bonds is 9. The molecule has 1 heterocycles. The standard InChI is InChI=1S/C19H24N2O/c1-2-3-6-16-7-4-5-8-18(16)15-21-14-11-19(22)17-9-12-20-13-10-17/h4-5,7-10,12-13,21H,2-3,6,11,14-15H2,1H3. The van der Waals surface area contributed by atoms with Gasteiger partial charge in [0, 0.05) is 37.5 Å². The maximum atomic E-state index is 12.0. The molecule has 1 aromatic carbocycles. The third-order valence-electron chi connectivity index (χ3n) is 3.76. The summed E-state index contributed by atoms with van der Waals surface area (Å²) in [7, 11) is 0. The fourth-order valence-electron chi connectivity index (χ4n) is 2.45. The monoisotopic (exact) mass is 296 g/mol. The minimum atomic E-state index is 0.161. The molecule has 0 aliphatic rings. The predicted molar refractivity (Wildman–Crippen MR) is 89.9 cm³/mol. The lowest BCUT2D eigenvalue weighted by atomic mass is 10.0. The number of aryl methyl sites for hydroxylation is 1. The highest BCUT2D eigenvalue weighted by molar-refractivity contribution is 5.95. The summed E-state index contributed by atoms with van der Waals surface area (Å²) in [5, 5.41) is 3.38. The molecule has 0 unspecified atom stereocenters. The van der Waals surface area contributed by atoms with Gasteiger partial charge in [-0.25, -0.2) is 0 Å². The van der Waals surface area contributed by atoms with Crippen molar-refractivity contribution in [1.82, 2.24) is 10.3 Å². The van der Waals surface area contributed by atoms with Crippen molar-refractivity contribution < 1.29 is 4.79 Å². The summed E-state index contributed by atoms with van der Waals surface area (Å²) in [4.78, 5) is 15.9. The van der Waals surface area contributed by atoms with Crippen molar-refractivity contribution in [3.63, 3.8) is 0 Å². The van der Waals surface area contributed by atoms with Crippen LogP contribution in [0.4, 0.5) is 0 Å². The minimum absolute atomic E-state index is 0.161. The van der Waals surface area contributed by atoms with Crippen LogP contribution in [0.25, 0.3) is 0 Å². The van der Waals surface area contributed by atoms with Gasteiger partial charge in [-0.05, 0) is 36.1 Å². The van der Waals surface area contributed by atoms with Crippen LogP contribution < -0.4 is 5.32 Å². The number of carbonyl (C=O) groups is 1. The van der Waals surface area contributed by atoms with E-state index in [0.29, 0.717) is 13.0 Å². The third kappa shape index (κ3) is 5.08. The second kappa shape index (κ2) is 9.11. The molecule has 0 saturated carbocycles. The fraction of sp³-hybridized carbons (Fsp3) is 0.368. The van der Waals surface area contributed by atoms with E-state index in [9.17, 15) is 4.79 Å². The highest BCUT2D eigenvalue weighted by Gasteiger charge is 2.05. The Bertz CT molecular complexity index is 581. The van der Waals surface area contributed by atoms with Gasteiger partial charge >= 0.3 is 0 Å². The number of Topliss-reactive ketones (excluding diaryl/α,β-unsaturated/α-hetero) is 1. The van der Waals surface area contributed by atoms with E-state index in [0.717, 1.165) is 18.5 Å². The zero-order valence-corrected chi connectivity index (χ0v) is 13.2. The second-order valence-corrected chi connectivity index (χ2v) is 5.46. The van der Waals surface area contributed by atoms with Gasteiger partial charge in [0.2, 0.25) is 0 Å². The van der Waals surface area contributed by atoms with Gasteiger partial charge in [0.05, 0.1) is 0 Å². The number of aromatic nitrogens is 1. The van der Waals surface area contributed by atoms with E-state index >= 15 is 0 Å². The molecule has 0 saturated heterocycles. The normalized spacial score (nSPS) is 10.6. The van der Waals surface area contributed by atoms with Crippen molar-refractivity contribution in [2.24, 2.45) is 0 Å². The van der Waals surface area contributed by atoms with Crippen molar-refractivity contribution >= 4 is 5.78 Å². The molecule has 3 heteroatoms. The number of hydrogen-bond donors (Lipinski definition) is 1. The Morgan fingerprint density at radius 2 is 1.82 bits per heavy atom. The summed E-state index contributed by atoms with van der Waals surface area (Å²) < 4.78 is 0. The van der Waals surface area contributed by atoms with E-state index in [1.54, 1.807) is 24.5 Å². The van der Waals surface area contributed by atoms with Crippen molar-refractivity contribution in [3.8, 4) is 0 Å². The molecule has 22 heavy (non-hydrogen) atoms. The van der Waals surface area contributed by atoms with Crippen molar-refractivity contribution in [1.29, 1.82) is 0 Å². The Morgan fingerprint density at radius 3 is 2.55 bits per heavy atom. The predicted octanol–water partition coefficient (Wildman–Crippen LogP) is 3.79. The molecule has 0 atom stereocenters. The number of nitrogens with zero attached hydrogens (tertiary/aromatic N) is 1. The largest absolute Gasteiger partial charge is 0.312 e. The zero-order valence-electron chi connectivity index (χ0n) is 13.2. The molecule has 0 spiro atoms. The highest BCUT2D eigenvalue weighted by Crippen LogP contribution is 2.12. The molecule has 1 aromatic heterocycles. The fourth-order valence-corrected chi connectivity index (χ4v) is 2.45. The first kappa shape index (κ1) is 16.4. The lowest BCUT2D eigenvalue weighted by Gasteiger charge is -2.10. The van der Waals surface area contributed by atoms with Gasteiger partial charge in [-0.3, -0.25) is 9.78 Å². The first-order chi connectivity index (χ1) is 10.8. The number of pyridine rings is 1. The van der Waals surface area contributed by atoms with E-state index < -0.39 is 0 Å². The number of hydrogen-bond acceptors (Lipinski definition) is 3. The minimum Gasteiger partial charge on any atom is -0.312 e. The lowest BCUT2D eigenvalue weighted by molar-refractivity contribution is 0.0982. The van der Waals surface area contributed by atoms with E-state index in [1.807, 2.05) is 0 Å². The van der Waals surface area contributed by atoms with E-state index in [1.165, 1.54) is 24.0 Å². The molecule has 2 aromatic rings. The molecule has 0 radical (unpaired) electrons. The van der Waals surface area contributed by atoms with E-state index in [4.69, 9.17) is 0 Å². The number of ketones is 1. The molecule has 0 aliphatic heterocycles. The van der Waals surface area contributed by atoms with Crippen LogP contribution in [0.1, 0.15) is 47.7 Å². The Hall–Kier alpha value is -2.00. The van der Waals surface area contributed by atoms with Crippen LogP contribution in [0.5, 0.6) is 0 Å². The first-order valence-corrected chi connectivity index (χ1v) is 8.02. The molecular formula is C19H24N2O. The maximum absolute atomic E-state index is 12.0. The van der Waals surface area contributed by atoms with Gasteiger partial charge in [0.1, 0.15) is 0 Å². The van der Waals surface area contributed by atoms with Gasteiger partial charge < -0.3 is 5.32 Å². The van der Waals surface area contributed by atoms with Crippen LogP contribution in [0.2, 0.25) is 0 Å². The van der Waals surface area contributed by atoms with Gasteiger partial charge in [0.25, 0.3) is 0 Å². The molecule has 3 nitrogen and oxygen atoms in total. The average molecular weight is 296 g/mol. The van der Waals surface area contributed by atoms with Crippen molar-refractivity contribution in [3.05, 3.63) is 65.5 Å². The second-order valence-electron chi connectivity index (χ2n) is 5.46. The topological polar surface area (TPSA) is 42.0 Å². The van der Waals surface area contributed by atoms with Gasteiger partial charge in [-0.15, -0.1) is 0 Å². The van der Waals surface area contributed by atoms with Crippen LogP contribution >= 0.6 is 0 Å². The quantitative estimate of drug-likeness (QED) is 0.565. The Labute approximate surface area is 132 Å². The van der Waals surface area contributed by atoms with Crippen LogP contribution in [-0.4, -0.2) is 17.3 Å². The van der Waals surface area contributed by atoms with Crippen LogP contribution in [0.15, 0.2) is 48.8 Å². The SMILES string of the molecule is CCCCc1ccccc1CNCCC(=O)c1ccncc1. The maximum Gasteiger partial charge on any atom is 0.164 e. The molecule has 2 rings (SSSR count). The summed E-state index contributed by atoms with van der Waals surface area (Å²) in [6.45, 7) is 3.73. The van der Waals surface area contributed by atoms with Crippen LogP contribution in [0, 0.1) is 0 Å². The molecule has 116 valence electrons. The molecular weight excluding hydrogens is 272 g/mol. The molecule has 0 aliphatic carbocycles. The summed E-state index contributed by atoms with van der Waals surface area (Å²) in [6, 6.07) is 12.1. The summed E-state index contributed by atoms with van der Waals surface area (Å²) >= 11 is 0. The first-order valence-electron chi connectivity index (χ1n) is 8.02. The van der Waals surface area contributed by atoms with Crippen molar-refractivity contribution in [2.75, 3.05) is 6.54 Å². The smallest absolute Gasteiger partial charge is 0.164 e. The average Bonchev–Trinajstić information content (AvgIpc) is 2.58. The Morgan fingerprint density at radius 1 is 1.09 bits per heavy atom. The molecule has 0 bridgehead atoms. The van der Waals surface area contributed by atoms with Crippen LogP contribution in [0.3, 0.4) is 0 Å². The molecule has 0 fully saturated rings. The summed E-state index contributed by atoms with van der Waals surface area (Å²) in [5.74, 6) is 0.161. The van der Waals surface area contributed by atoms with Gasteiger partial charge in [0.15, 0.2) is 5.78 Å². The summed E-state index contributed by atoms with van der Waals surface area (Å²) in [6.07, 6.45) is 7.39. The third-order valence-corrected chi connectivity index (χ3v) is 3.76. The summed E-state index contributed by atoms with van der Waals surface area (Å²) in [5.41, 5.74) is 3.49.